The molecule has 16 heavy (non-hydrogen) atoms. The predicted molar refractivity (Wildman–Crippen MR) is 66.1 cm³/mol. The van der Waals surface area contributed by atoms with E-state index >= 15 is 0 Å². The first-order valence-electron chi connectivity index (χ1n) is 6.72. The van der Waals surface area contributed by atoms with Crippen molar-refractivity contribution in [1.29, 1.82) is 0 Å². The molecule has 3 nitrogen and oxygen atoms in total. The van der Waals surface area contributed by atoms with Gasteiger partial charge in [0.25, 0.3) is 0 Å². The third-order valence-corrected chi connectivity index (χ3v) is 2.95. The molecule has 0 aromatic heterocycles. The van der Waals surface area contributed by atoms with E-state index in [1.54, 1.807) is 0 Å². The van der Waals surface area contributed by atoms with Crippen molar-refractivity contribution in [2.75, 3.05) is 0 Å². The highest BCUT2D eigenvalue weighted by Gasteiger charge is 2.11. The van der Waals surface area contributed by atoms with Crippen LogP contribution in [0.2, 0.25) is 0 Å². The number of aliphatic hydroxyl groups is 3. The van der Waals surface area contributed by atoms with Crippen LogP contribution in [0, 0.1) is 0 Å². The molecule has 0 fully saturated rings. The van der Waals surface area contributed by atoms with E-state index in [4.69, 9.17) is 15.3 Å². The second-order valence-corrected chi connectivity index (χ2v) is 4.60. The summed E-state index contributed by atoms with van der Waals surface area (Å²) in [5, 5.41) is 26.4. The molecule has 0 aliphatic heterocycles. The van der Waals surface area contributed by atoms with E-state index in [0.29, 0.717) is 6.42 Å². The molecular weight excluding hydrogens is 204 g/mol. The van der Waals surface area contributed by atoms with Gasteiger partial charge < -0.3 is 15.3 Å². The lowest BCUT2D eigenvalue weighted by Crippen LogP contribution is -2.24. The van der Waals surface area contributed by atoms with Gasteiger partial charge in [0.15, 0.2) is 6.29 Å². The smallest absolute Gasteiger partial charge is 0.178 e. The minimum absolute atomic E-state index is 0.494. The molecule has 0 saturated carbocycles. The maximum Gasteiger partial charge on any atom is 0.178 e. The second-order valence-electron chi connectivity index (χ2n) is 4.60. The molecule has 3 heteroatoms. The van der Waals surface area contributed by atoms with Crippen LogP contribution < -0.4 is 0 Å². The minimum Gasteiger partial charge on any atom is -0.388 e. The molecule has 0 heterocycles. The molecule has 0 aliphatic rings. The Balaban J connectivity index is 3.04. The Morgan fingerprint density at radius 1 is 0.688 bits per heavy atom. The van der Waals surface area contributed by atoms with Crippen LogP contribution in [-0.4, -0.2) is 27.7 Å². The van der Waals surface area contributed by atoms with Gasteiger partial charge in [0.05, 0.1) is 0 Å². The fraction of sp³-hybridized carbons (Fsp3) is 1.00. The number of hydrogen-bond donors (Lipinski definition) is 3. The number of hydrogen-bond acceptors (Lipinski definition) is 3. The topological polar surface area (TPSA) is 60.7 Å². The molecule has 0 bridgehead atoms. The molecular formula is C13H28O3. The van der Waals surface area contributed by atoms with Crippen molar-refractivity contribution in [2.45, 2.75) is 83.5 Å². The van der Waals surface area contributed by atoms with Crippen molar-refractivity contribution in [3.63, 3.8) is 0 Å². The highest BCUT2D eigenvalue weighted by Crippen LogP contribution is 2.11. The van der Waals surface area contributed by atoms with Gasteiger partial charge in [0, 0.05) is 0 Å². The van der Waals surface area contributed by atoms with Gasteiger partial charge in [0.2, 0.25) is 0 Å². The molecule has 0 spiro atoms. The summed E-state index contributed by atoms with van der Waals surface area (Å²) in [7, 11) is 0. The largest absolute Gasteiger partial charge is 0.388 e. The van der Waals surface area contributed by atoms with Crippen molar-refractivity contribution in [3.8, 4) is 0 Å². The van der Waals surface area contributed by atoms with Crippen molar-refractivity contribution < 1.29 is 15.3 Å². The molecule has 98 valence electrons. The van der Waals surface area contributed by atoms with Gasteiger partial charge in [-0.3, -0.25) is 0 Å². The zero-order valence-corrected chi connectivity index (χ0v) is 10.6. The molecule has 0 radical (unpaired) electrons. The van der Waals surface area contributed by atoms with E-state index in [0.717, 1.165) is 12.8 Å². The van der Waals surface area contributed by atoms with Gasteiger partial charge in [-0.05, 0) is 6.42 Å². The average Bonchev–Trinajstić information content (AvgIpc) is 2.26. The van der Waals surface area contributed by atoms with Crippen LogP contribution in [0.5, 0.6) is 0 Å². The summed E-state index contributed by atoms with van der Waals surface area (Å²) >= 11 is 0. The summed E-state index contributed by atoms with van der Waals surface area (Å²) < 4.78 is 0. The third-order valence-electron chi connectivity index (χ3n) is 2.95. The van der Waals surface area contributed by atoms with Crippen LogP contribution in [0.25, 0.3) is 0 Å². The molecule has 3 N–H and O–H groups in total. The first-order valence-corrected chi connectivity index (χ1v) is 6.72. The second kappa shape index (κ2) is 11.4. The molecule has 0 saturated heterocycles. The van der Waals surface area contributed by atoms with E-state index in [1.165, 1.54) is 44.9 Å². The van der Waals surface area contributed by atoms with Crippen molar-refractivity contribution in [2.24, 2.45) is 0 Å². The molecule has 0 aromatic rings. The van der Waals surface area contributed by atoms with Crippen LogP contribution >= 0.6 is 0 Å². The minimum atomic E-state index is -1.57. The Morgan fingerprint density at radius 2 is 1.12 bits per heavy atom. The molecule has 1 atom stereocenters. The highest BCUT2D eigenvalue weighted by molar-refractivity contribution is 4.57. The Hall–Kier alpha value is -0.120. The molecule has 0 rings (SSSR count). The van der Waals surface area contributed by atoms with Gasteiger partial charge in [0.1, 0.15) is 6.10 Å². The Kier molecular flexibility index (Phi) is 11.3. The maximum atomic E-state index is 9.13. The molecule has 0 amide bonds. The van der Waals surface area contributed by atoms with Gasteiger partial charge in [-0.2, -0.15) is 0 Å². The number of rotatable bonds is 11. The summed E-state index contributed by atoms with van der Waals surface area (Å²) in [6, 6.07) is 0. The third kappa shape index (κ3) is 10.4. The van der Waals surface area contributed by atoms with Crippen LogP contribution in [0.3, 0.4) is 0 Å². The average molecular weight is 232 g/mol. The number of aliphatic hydroxyl groups excluding tert-OH is 2. The Bertz CT molecular complexity index is 137. The SMILES string of the molecule is CCCCCCCCCCCC(O)C(O)O. The van der Waals surface area contributed by atoms with Crippen molar-refractivity contribution in [3.05, 3.63) is 0 Å². The Morgan fingerprint density at radius 3 is 1.56 bits per heavy atom. The van der Waals surface area contributed by atoms with Crippen molar-refractivity contribution >= 4 is 0 Å². The first-order chi connectivity index (χ1) is 7.68. The lowest BCUT2D eigenvalue weighted by atomic mass is 10.1. The van der Waals surface area contributed by atoms with Gasteiger partial charge >= 0.3 is 0 Å². The monoisotopic (exact) mass is 232 g/mol. The summed E-state index contributed by atoms with van der Waals surface area (Å²) in [4.78, 5) is 0. The van der Waals surface area contributed by atoms with E-state index in [9.17, 15) is 0 Å². The zero-order chi connectivity index (χ0) is 12.2. The lowest BCUT2D eigenvalue weighted by Gasteiger charge is -2.11. The quantitative estimate of drug-likeness (QED) is 0.379. The van der Waals surface area contributed by atoms with Crippen LogP contribution in [0.1, 0.15) is 71.1 Å². The lowest BCUT2D eigenvalue weighted by molar-refractivity contribution is -0.124. The van der Waals surface area contributed by atoms with Gasteiger partial charge in [-0.1, -0.05) is 64.7 Å². The van der Waals surface area contributed by atoms with E-state index in [-0.39, 0.29) is 0 Å². The Labute approximate surface area is 99.5 Å². The van der Waals surface area contributed by atoms with E-state index < -0.39 is 12.4 Å². The van der Waals surface area contributed by atoms with E-state index in [1.807, 2.05) is 0 Å². The first kappa shape index (κ1) is 15.9. The van der Waals surface area contributed by atoms with Gasteiger partial charge in [-0.15, -0.1) is 0 Å². The van der Waals surface area contributed by atoms with E-state index in [2.05, 4.69) is 6.92 Å². The fourth-order valence-electron chi connectivity index (χ4n) is 1.81. The normalized spacial score (nSPS) is 13.3. The standard InChI is InChI=1S/C13H28O3/c1-2-3-4-5-6-7-8-9-10-11-12(14)13(15)16/h12-16H,2-11H2,1H3. The summed E-state index contributed by atoms with van der Waals surface area (Å²) in [5.74, 6) is 0. The summed E-state index contributed by atoms with van der Waals surface area (Å²) in [6.45, 7) is 2.22. The fourth-order valence-corrected chi connectivity index (χ4v) is 1.81. The summed E-state index contributed by atoms with van der Waals surface area (Å²) in [6.07, 6.45) is 9.02. The zero-order valence-electron chi connectivity index (χ0n) is 10.6. The van der Waals surface area contributed by atoms with Crippen LogP contribution in [0.15, 0.2) is 0 Å². The highest BCUT2D eigenvalue weighted by atomic mass is 16.5. The maximum absolute atomic E-state index is 9.13. The molecule has 0 aliphatic carbocycles. The predicted octanol–water partition coefficient (Wildman–Crippen LogP) is 2.58. The molecule has 0 aromatic carbocycles. The van der Waals surface area contributed by atoms with Crippen LogP contribution in [-0.2, 0) is 0 Å². The number of unbranched alkanes of at least 4 members (excludes halogenated alkanes) is 8. The van der Waals surface area contributed by atoms with Gasteiger partial charge in [-0.25, -0.2) is 0 Å². The van der Waals surface area contributed by atoms with Crippen molar-refractivity contribution in [1.82, 2.24) is 0 Å². The van der Waals surface area contributed by atoms with Crippen LogP contribution in [0.4, 0.5) is 0 Å². The molecule has 1 unspecified atom stereocenters. The summed E-state index contributed by atoms with van der Waals surface area (Å²) in [5.41, 5.74) is 0.